The van der Waals surface area contributed by atoms with E-state index < -0.39 is 24.0 Å². The van der Waals surface area contributed by atoms with E-state index in [0.717, 1.165) is 10.2 Å². The topological polar surface area (TPSA) is 182 Å². The number of nitrogens with zero attached hydrogens (tertiary/aromatic N) is 9. The molecule has 4 aromatic heterocycles. The fourth-order valence-corrected chi connectivity index (χ4v) is 5.27. The van der Waals surface area contributed by atoms with Crippen LogP contribution in [0.4, 0.5) is 10.1 Å². The molecule has 2 saturated heterocycles. The van der Waals surface area contributed by atoms with Crippen molar-refractivity contribution in [1.29, 1.82) is 0 Å². The number of aryl methyl sites for hydroxylation is 2. The molecule has 3 amide bonds. The van der Waals surface area contributed by atoms with Crippen LogP contribution in [0.5, 0.6) is 0 Å². The van der Waals surface area contributed by atoms with Gasteiger partial charge in [-0.05, 0) is 12.1 Å². The zero-order chi connectivity index (χ0) is 33.9. The number of nitrogens with one attached hydrogen (secondary N) is 1. The van der Waals surface area contributed by atoms with Crippen LogP contribution in [0.25, 0.3) is 17.0 Å². The average Bonchev–Trinajstić information content (AvgIpc) is 3.80. The average molecular weight is 659 g/mol. The van der Waals surface area contributed by atoms with Crippen LogP contribution in [0.3, 0.4) is 0 Å². The second-order valence-electron chi connectivity index (χ2n) is 11.1. The maximum Gasteiger partial charge on any atom is 0.354 e. The predicted octanol–water partition coefficient (Wildman–Crippen LogP) is 1.77. The maximum atomic E-state index is 13.1. The van der Waals surface area contributed by atoms with Crippen molar-refractivity contribution in [2.75, 3.05) is 44.7 Å². The fourth-order valence-electron chi connectivity index (χ4n) is 5.27. The van der Waals surface area contributed by atoms with E-state index in [0.29, 0.717) is 43.5 Å². The van der Waals surface area contributed by atoms with Crippen LogP contribution in [-0.4, -0.2) is 118 Å². The molecule has 0 spiro atoms. The lowest BCUT2D eigenvalue weighted by Crippen LogP contribution is -2.51. The molecule has 0 radical (unpaired) electrons. The molecule has 48 heavy (non-hydrogen) atoms. The molecule has 5 aromatic rings. The van der Waals surface area contributed by atoms with Crippen LogP contribution in [-0.2, 0) is 18.8 Å². The molecule has 0 atom stereocenters. The van der Waals surface area contributed by atoms with E-state index in [2.05, 4.69) is 25.6 Å². The minimum Gasteiger partial charge on any atom is -0.477 e. The molecule has 2 fully saturated rings. The van der Waals surface area contributed by atoms with Gasteiger partial charge < -0.3 is 25.0 Å². The second kappa shape index (κ2) is 13.4. The Bertz CT molecular complexity index is 1990. The number of aromatic nitrogens is 7. The Morgan fingerprint density at radius 3 is 2.15 bits per heavy atom. The van der Waals surface area contributed by atoms with Gasteiger partial charge >= 0.3 is 5.97 Å². The van der Waals surface area contributed by atoms with E-state index >= 15 is 0 Å². The van der Waals surface area contributed by atoms with Crippen LogP contribution < -0.4 is 5.32 Å². The summed E-state index contributed by atoms with van der Waals surface area (Å²) in [5, 5.41) is 24.1. The number of benzene rings is 1. The van der Waals surface area contributed by atoms with Gasteiger partial charge in [0.1, 0.15) is 11.9 Å². The zero-order valence-electron chi connectivity index (χ0n) is 26.0. The maximum absolute atomic E-state index is 13.1. The number of carboxylic acid groups (broad SMARTS) is 1. The number of fused-ring (bicyclic) bond motifs is 1. The number of halogens is 1. The lowest BCUT2D eigenvalue weighted by molar-refractivity contribution is 0.0301. The van der Waals surface area contributed by atoms with E-state index in [9.17, 15) is 23.6 Å². The molecule has 0 bridgehead atoms. The minimum absolute atomic E-state index is 0.00176. The highest BCUT2D eigenvalue weighted by molar-refractivity contribution is 6.11. The van der Waals surface area contributed by atoms with Crippen molar-refractivity contribution in [1.82, 2.24) is 44.0 Å². The van der Waals surface area contributed by atoms with Crippen molar-refractivity contribution in [3.05, 3.63) is 83.6 Å². The summed E-state index contributed by atoms with van der Waals surface area (Å²) in [7, 11) is 3.08. The van der Waals surface area contributed by atoms with Gasteiger partial charge in [-0.1, -0.05) is 30.3 Å². The van der Waals surface area contributed by atoms with E-state index in [1.807, 2.05) is 30.3 Å². The van der Waals surface area contributed by atoms with Gasteiger partial charge in [0, 0.05) is 32.7 Å². The SMILES string of the molecule is Cn1ncc(C(=O)N2CC(F)C2)c1C(=O)O.Cn1ncc(C(=O)N2CCOCC2)c1C(=O)Nc1ccc2nc(-c3ccccc3)nn2c1. The number of amides is 3. The number of pyridine rings is 1. The first-order chi connectivity index (χ1) is 23.1. The number of ether oxygens (including phenoxy) is 1. The van der Waals surface area contributed by atoms with E-state index in [1.165, 1.54) is 29.0 Å². The Morgan fingerprint density at radius 2 is 1.50 bits per heavy atom. The number of likely N-dealkylation sites (tertiary alicyclic amines) is 1. The third-order valence-electron chi connectivity index (χ3n) is 7.80. The first-order valence-corrected chi connectivity index (χ1v) is 14.9. The number of aromatic carboxylic acids is 1. The predicted molar refractivity (Wildman–Crippen MR) is 167 cm³/mol. The number of carbonyl (C=O) groups is 4. The molecule has 1 aromatic carbocycles. The van der Waals surface area contributed by atoms with E-state index in [1.54, 1.807) is 34.8 Å². The van der Waals surface area contributed by atoms with Gasteiger partial charge in [-0.15, -0.1) is 5.10 Å². The minimum atomic E-state index is -1.22. The number of hydrogen-bond donors (Lipinski definition) is 2. The first-order valence-electron chi connectivity index (χ1n) is 14.9. The van der Waals surface area contributed by atoms with Crippen molar-refractivity contribution >= 4 is 35.0 Å². The molecule has 0 aliphatic carbocycles. The third kappa shape index (κ3) is 6.48. The first kappa shape index (κ1) is 32.0. The van der Waals surface area contributed by atoms with E-state index in [4.69, 9.17) is 9.84 Å². The number of carboxylic acids is 1. The number of anilines is 1. The Kier molecular flexibility index (Phi) is 8.93. The van der Waals surface area contributed by atoms with Crippen molar-refractivity contribution in [3.63, 3.8) is 0 Å². The van der Waals surface area contributed by atoms with E-state index in [-0.39, 0.29) is 41.5 Å². The summed E-state index contributed by atoms with van der Waals surface area (Å²) in [6.07, 6.45) is 3.30. The molecule has 0 saturated carbocycles. The van der Waals surface area contributed by atoms with Gasteiger partial charge in [-0.3, -0.25) is 23.7 Å². The number of hydrogen-bond acceptors (Lipinski definition) is 9. The summed E-state index contributed by atoms with van der Waals surface area (Å²) >= 11 is 0. The van der Waals surface area contributed by atoms with Gasteiger partial charge in [0.2, 0.25) is 0 Å². The summed E-state index contributed by atoms with van der Waals surface area (Å²) in [6.45, 7) is 1.98. The molecule has 248 valence electrons. The van der Waals surface area contributed by atoms with Crippen molar-refractivity contribution in [2.24, 2.45) is 14.1 Å². The molecular weight excluding hydrogens is 627 g/mol. The molecular formula is C31H31FN10O6. The smallest absolute Gasteiger partial charge is 0.354 e. The number of carbonyl (C=O) groups excluding carboxylic acids is 3. The summed E-state index contributed by atoms with van der Waals surface area (Å²) in [4.78, 5) is 56.1. The number of rotatable bonds is 6. The Balaban J connectivity index is 0.000000211. The van der Waals surface area contributed by atoms with Gasteiger partial charge in [-0.25, -0.2) is 18.7 Å². The van der Waals surface area contributed by atoms with Crippen LogP contribution in [0.2, 0.25) is 0 Å². The highest BCUT2D eigenvalue weighted by Crippen LogP contribution is 2.20. The Hall–Kier alpha value is -5.97. The standard InChI is InChI=1S/C22H21N7O3.C9H10FN3O3/c1-27-19(17(13-23-27)22(31)28-9-11-32-12-10-28)21(30)24-16-7-8-18-25-20(26-29(18)14-16)15-5-3-2-4-6-15;1-12-7(9(15)16)6(2-11-12)8(14)13-3-5(10)4-13/h2-8,13-14H,9-12H2,1H3,(H,24,30);2,5H,3-4H2,1H3,(H,15,16). The van der Waals surface area contributed by atoms with Crippen LogP contribution in [0, 0.1) is 0 Å². The normalized spacial score (nSPS) is 14.6. The van der Waals surface area contributed by atoms with Crippen LogP contribution in [0.1, 0.15) is 41.7 Å². The van der Waals surface area contributed by atoms with Gasteiger partial charge in [0.25, 0.3) is 17.7 Å². The van der Waals surface area contributed by atoms with Crippen LogP contribution >= 0.6 is 0 Å². The van der Waals surface area contributed by atoms with Crippen molar-refractivity contribution < 1.29 is 33.4 Å². The van der Waals surface area contributed by atoms with Gasteiger partial charge in [0.05, 0.1) is 61.7 Å². The molecule has 7 rings (SSSR count). The highest BCUT2D eigenvalue weighted by atomic mass is 19.1. The van der Waals surface area contributed by atoms with Gasteiger partial charge in [0.15, 0.2) is 17.2 Å². The van der Waals surface area contributed by atoms with Crippen molar-refractivity contribution in [3.8, 4) is 11.4 Å². The summed E-state index contributed by atoms with van der Waals surface area (Å²) in [6, 6.07) is 13.2. The highest BCUT2D eigenvalue weighted by Gasteiger charge is 2.34. The number of alkyl halides is 1. The summed E-state index contributed by atoms with van der Waals surface area (Å²) < 4.78 is 22.0. The zero-order valence-corrected chi connectivity index (χ0v) is 26.0. The number of morpholine rings is 1. The molecule has 17 heteroatoms. The lowest BCUT2D eigenvalue weighted by Gasteiger charge is -2.34. The summed E-state index contributed by atoms with van der Waals surface area (Å²) in [5.74, 6) is -1.77. The fraction of sp³-hybridized carbons (Fsp3) is 0.290. The third-order valence-corrected chi connectivity index (χ3v) is 7.80. The van der Waals surface area contributed by atoms with Gasteiger partial charge in [-0.2, -0.15) is 10.2 Å². The van der Waals surface area contributed by atoms with Crippen LogP contribution in [0.15, 0.2) is 61.1 Å². The van der Waals surface area contributed by atoms with Crippen molar-refractivity contribution in [2.45, 2.75) is 6.17 Å². The quantitative estimate of drug-likeness (QED) is 0.273. The Morgan fingerprint density at radius 1 is 0.875 bits per heavy atom. The summed E-state index contributed by atoms with van der Waals surface area (Å²) in [5.41, 5.74) is 2.38. The second-order valence-corrected chi connectivity index (χ2v) is 11.1. The molecule has 2 aliphatic heterocycles. The molecule has 0 unspecified atom stereocenters. The largest absolute Gasteiger partial charge is 0.477 e. The molecule has 16 nitrogen and oxygen atoms in total. The Labute approximate surface area is 272 Å². The monoisotopic (exact) mass is 658 g/mol. The molecule has 2 aliphatic rings. The molecule has 2 N–H and O–H groups in total. The lowest BCUT2D eigenvalue weighted by atomic mass is 10.1. The molecule has 6 heterocycles.